The highest BCUT2D eigenvalue weighted by Crippen LogP contribution is 2.24. The van der Waals surface area contributed by atoms with Crippen LogP contribution in [0.2, 0.25) is 5.02 Å². The molecular formula is C19H23ClN4O. The van der Waals surface area contributed by atoms with Crippen molar-refractivity contribution in [3.05, 3.63) is 47.1 Å². The van der Waals surface area contributed by atoms with Crippen molar-refractivity contribution in [3.63, 3.8) is 0 Å². The van der Waals surface area contributed by atoms with Crippen molar-refractivity contribution >= 4 is 34.8 Å². The molecule has 0 radical (unpaired) electrons. The molecule has 1 aliphatic rings. The number of amides is 2. The van der Waals surface area contributed by atoms with Gasteiger partial charge in [-0.2, -0.15) is 0 Å². The minimum absolute atomic E-state index is 0.189. The third kappa shape index (κ3) is 5.10. The Hall–Kier alpha value is -2.27. The predicted octanol–water partition coefficient (Wildman–Crippen LogP) is 5.24. The highest BCUT2D eigenvalue weighted by atomic mass is 35.5. The highest BCUT2D eigenvalue weighted by Gasteiger charge is 2.15. The maximum absolute atomic E-state index is 12.0. The van der Waals surface area contributed by atoms with Crippen molar-refractivity contribution in [3.8, 4) is 0 Å². The van der Waals surface area contributed by atoms with Crippen LogP contribution in [0.15, 0.2) is 36.5 Å². The van der Waals surface area contributed by atoms with Crippen LogP contribution in [0, 0.1) is 6.92 Å². The van der Waals surface area contributed by atoms with Crippen molar-refractivity contribution in [2.75, 3.05) is 10.6 Å². The van der Waals surface area contributed by atoms with E-state index < -0.39 is 0 Å². The van der Waals surface area contributed by atoms with Crippen LogP contribution in [-0.4, -0.2) is 17.1 Å². The monoisotopic (exact) mass is 358 g/mol. The summed E-state index contributed by atoms with van der Waals surface area (Å²) in [7, 11) is 0. The molecule has 0 atom stereocenters. The van der Waals surface area contributed by atoms with Crippen LogP contribution in [0.4, 0.5) is 22.0 Å². The molecule has 0 saturated heterocycles. The number of aromatic nitrogens is 1. The number of rotatable bonds is 4. The van der Waals surface area contributed by atoms with Crippen molar-refractivity contribution in [2.45, 2.75) is 45.1 Å². The number of aryl methyl sites for hydroxylation is 1. The Morgan fingerprint density at radius 2 is 1.96 bits per heavy atom. The van der Waals surface area contributed by atoms with Crippen LogP contribution < -0.4 is 16.0 Å². The van der Waals surface area contributed by atoms with Gasteiger partial charge in [-0.05, 0) is 49.6 Å². The molecule has 1 heterocycles. The summed E-state index contributed by atoms with van der Waals surface area (Å²) in [6.07, 6.45) is 7.45. The molecule has 0 bridgehead atoms. The number of urea groups is 1. The summed E-state index contributed by atoms with van der Waals surface area (Å²) in [6, 6.07) is 9.45. The first kappa shape index (κ1) is 17.5. The van der Waals surface area contributed by atoms with Crippen LogP contribution in [0.1, 0.15) is 37.7 Å². The average molecular weight is 359 g/mol. The normalized spacial score (nSPS) is 14.8. The van der Waals surface area contributed by atoms with E-state index in [1.807, 2.05) is 31.2 Å². The van der Waals surface area contributed by atoms with Gasteiger partial charge in [0, 0.05) is 16.8 Å². The summed E-state index contributed by atoms with van der Waals surface area (Å²) in [5, 5.41) is 9.77. The molecule has 1 saturated carbocycles. The zero-order valence-corrected chi connectivity index (χ0v) is 15.1. The zero-order chi connectivity index (χ0) is 17.6. The van der Waals surface area contributed by atoms with E-state index in [0.29, 0.717) is 10.8 Å². The summed E-state index contributed by atoms with van der Waals surface area (Å²) >= 11 is 6.04. The standard InChI is InChI=1S/C19H23ClN4O/c1-13-7-8-14(20)11-17(13)22-16-9-10-18(21-12-16)24-19(25)23-15-5-3-2-4-6-15/h7-12,15,22H,2-6H2,1H3,(H2,21,23,24,25). The molecule has 0 aliphatic heterocycles. The average Bonchev–Trinajstić information content (AvgIpc) is 2.61. The van der Waals surface area contributed by atoms with Gasteiger partial charge in [0.25, 0.3) is 0 Å². The minimum Gasteiger partial charge on any atom is -0.354 e. The van der Waals surface area contributed by atoms with E-state index in [4.69, 9.17) is 11.6 Å². The van der Waals surface area contributed by atoms with Crippen molar-refractivity contribution < 1.29 is 4.79 Å². The van der Waals surface area contributed by atoms with E-state index >= 15 is 0 Å². The maximum atomic E-state index is 12.0. The lowest BCUT2D eigenvalue weighted by Gasteiger charge is -2.22. The fourth-order valence-electron chi connectivity index (χ4n) is 3.01. The van der Waals surface area contributed by atoms with Crippen molar-refractivity contribution in [2.24, 2.45) is 0 Å². The quantitative estimate of drug-likeness (QED) is 0.700. The number of hydrogen-bond acceptors (Lipinski definition) is 3. The molecule has 2 amide bonds. The molecule has 1 aromatic heterocycles. The number of nitrogens with zero attached hydrogens (tertiary/aromatic N) is 1. The molecule has 1 aromatic carbocycles. The first-order valence-electron chi connectivity index (χ1n) is 8.67. The van der Waals surface area contributed by atoms with Gasteiger partial charge in [0.15, 0.2) is 0 Å². The van der Waals surface area contributed by atoms with Crippen LogP contribution in [0.5, 0.6) is 0 Å². The van der Waals surface area contributed by atoms with Gasteiger partial charge in [-0.1, -0.05) is 36.9 Å². The number of carbonyl (C=O) groups is 1. The molecule has 0 spiro atoms. The number of nitrogens with one attached hydrogen (secondary N) is 3. The van der Waals surface area contributed by atoms with Gasteiger partial charge in [0.2, 0.25) is 0 Å². The highest BCUT2D eigenvalue weighted by molar-refractivity contribution is 6.30. The third-order valence-corrected chi connectivity index (χ3v) is 4.66. The Kier molecular flexibility index (Phi) is 5.76. The Balaban J connectivity index is 1.56. The zero-order valence-electron chi connectivity index (χ0n) is 14.3. The smallest absolute Gasteiger partial charge is 0.320 e. The summed E-state index contributed by atoms with van der Waals surface area (Å²) < 4.78 is 0. The lowest BCUT2D eigenvalue weighted by molar-refractivity contribution is 0.244. The van der Waals surface area contributed by atoms with E-state index in [9.17, 15) is 4.79 Å². The Morgan fingerprint density at radius 1 is 1.16 bits per heavy atom. The van der Waals surface area contributed by atoms with Crippen molar-refractivity contribution in [1.29, 1.82) is 0 Å². The number of hydrogen-bond donors (Lipinski definition) is 3. The second-order valence-corrected chi connectivity index (χ2v) is 6.89. The predicted molar refractivity (Wildman–Crippen MR) is 103 cm³/mol. The number of benzene rings is 1. The van der Waals surface area contributed by atoms with Crippen LogP contribution >= 0.6 is 11.6 Å². The fraction of sp³-hybridized carbons (Fsp3) is 0.368. The van der Waals surface area contributed by atoms with Gasteiger partial charge in [0.1, 0.15) is 5.82 Å². The number of carbonyl (C=O) groups excluding carboxylic acids is 1. The van der Waals surface area contributed by atoms with Gasteiger partial charge >= 0.3 is 6.03 Å². The SMILES string of the molecule is Cc1ccc(Cl)cc1Nc1ccc(NC(=O)NC2CCCCC2)nc1. The van der Waals surface area contributed by atoms with Gasteiger partial charge < -0.3 is 10.6 Å². The van der Waals surface area contributed by atoms with Gasteiger partial charge in [-0.15, -0.1) is 0 Å². The van der Waals surface area contributed by atoms with Gasteiger partial charge in [0.05, 0.1) is 11.9 Å². The lowest BCUT2D eigenvalue weighted by Crippen LogP contribution is -2.39. The fourth-order valence-corrected chi connectivity index (χ4v) is 3.18. The molecule has 1 fully saturated rings. The Bertz CT molecular complexity index is 727. The molecular weight excluding hydrogens is 336 g/mol. The van der Waals surface area contributed by atoms with E-state index in [-0.39, 0.29) is 12.1 Å². The summed E-state index contributed by atoms with van der Waals surface area (Å²) in [5.74, 6) is 0.529. The molecule has 3 N–H and O–H groups in total. The topological polar surface area (TPSA) is 66.0 Å². The first-order chi connectivity index (χ1) is 12.1. The molecule has 6 heteroatoms. The van der Waals surface area contributed by atoms with E-state index in [2.05, 4.69) is 20.9 Å². The maximum Gasteiger partial charge on any atom is 0.320 e. The molecule has 132 valence electrons. The van der Waals surface area contributed by atoms with Crippen LogP contribution in [0.3, 0.4) is 0 Å². The minimum atomic E-state index is -0.189. The summed E-state index contributed by atoms with van der Waals surface area (Å²) in [5.41, 5.74) is 2.87. The molecule has 2 aromatic rings. The summed E-state index contributed by atoms with van der Waals surface area (Å²) in [6.45, 7) is 2.01. The molecule has 25 heavy (non-hydrogen) atoms. The van der Waals surface area contributed by atoms with E-state index in [0.717, 1.165) is 29.8 Å². The second kappa shape index (κ2) is 8.21. The Labute approximate surface area is 153 Å². The van der Waals surface area contributed by atoms with E-state index in [1.165, 1.54) is 19.3 Å². The molecule has 1 aliphatic carbocycles. The Morgan fingerprint density at radius 3 is 2.68 bits per heavy atom. The number of anilines is 3. The first-order valence-corrected chi connectivity index (χ1v) is 9.05. The number of pyridine rings is 1. The molecule has 5 nitrogen and oxygen atoms in total. The van der Waals surface area contributed by atoms with Crippen LogP contribution in [0.25, 0.3) is 0 Å². The number of halogens is 1. The lowest BCUT2D eigenvalue weighted by atomic mass is 9.96. The molecule has 3 rings (SSSR count). The second-order valence-electron chi connectivity index (χ2n) is 6.45. The molecule has 0 unspecified atom stereocenters. The van der Waals surface area contributed by atoms with Gasteiger partial charge in [-0.25, -0.2) is 9.78 Å². The summed E-state index contributed by atoms with van der Waals surface area (Å²) in [4.78, 5) is 16.3. The van der Waals surface area contributed by atoms with Gasteiger partial charge in [-0.3, -0.25) is 5.32 Å². The van der Waals surface area contributed by atoms with Crippen LogP contribution in [-0.2, 0) is 0 Å². The van der Waals surface area contributed by atoms with E-state index in [1.54, 1.807) is 12.3 Å². The van der Waals surface area contributed by atoms with Crippen molar-refractivity contribution in [1.82, 2.24) is 10.3 Å². The third-order valence-electron chi connectivity index (χ3n) is 4.42. The largest absolute Gasteiger partial charge is 0.354 e.